The predicted molar refractivity (Wildman–Crippen MR) is 180 cm³/mol. The highest BCUT2D eigenvalue weighted by Crippen LogP contribution is 2.44. The van der Waals surface area contributed by atoms with Crippen LogP contribution in [-0.4, -0.2) is 96.2 Å². The quantitative estimate of drug-likeness (QED) is 0.298. The van der Waals surface area contributed by atoms with E-state index < -0.39 is 23.8 Å². The molecule has 0 saturated carbocycles. The van der Waals surface area contributed by atoms with E-state index >= 15 is 4.39 Å². The molecule has 0 spiro atoms. The molecule has 1 amide bonds. The lowest BCUT2D eigenvalue weighted by Gasteiger charge is -2.44. The molecule has 0 bridgehead atoms. The van der Waals surface area contributed by atoms with E-state index in [4.69, 9.17) is 27.9 Å². The summed E-state index contributed by atoms with van der Waals surface area (Å²) in [5.74, 6) is -1.33. The van der Waals surface area contributed by atoms with Crippen LogP contribution in [0.1, 0.15) is 31.2 Å². The number of nitriles is 1. The summed E-state index contributed by atoms with van der Waals surface area (Å²) in [5, 5.41) is 12.7. The second kappa shape index (κ2) is 12.6. The first-order valence-corrected chi connectivity index (χ1v) is 16.5. The lowest BCUT2D eigenvalue weighted by atomic mass is 9.85. The van der Waals surface area contributed by atoms with Crippen molar-refractivity contribution in [3.63, 3.8) is 0 Å². The molecular weight excluding hydrogens is 617 g/mol. The smallest absolute Gasteiger partial charge is 0.246 e. The van der Waals surface area contributed by atoms with Gasteiger partial charge in [0.05, 0.1) is 11.5 Å². The molecule has 5 heterocycles. The molecule has 2 aromatic carbocycles. The molecule has 0 N–H and O–H groups in total. The average molecular weight is 652 g/mol. The average Bonchev–Trinajstić information content (AvgIpc) is 3.67. The zero-order chi connectivity index (χ0) is 32.7. The van der Waals surface area contributed by atoms with Crippen LogP contribution in [0.4, 0.5) is 4.39 Å². The van der Waals surface area contributed by atoms with Crippen LogP contribution in [0.5, 0.6) is 0 Å². The van der Waals surface area contributed by atoms with Crippen LogP contribution in [0.15, 0.2) is 76.1 Å². The van der Waals surface area contributed by atoms with E-state index in [9.17, 15) is 10.1 Å². The van der Waals surface area contributed by atoms with Gasteiger partial charge >= 0.3 is 0 Å². The molecule has 0 aromatic heterocycles. The third kappa shape index (κ3) is 5.30. The number of halogens is 2. The van der Waals surface area contributed by atoms with Crippen molar-refractivity contribution in [1.29, 1.82) is 5.26 Å². The zero-order valence-electron chi connectivity index (χ0n) is 26.0. The molecule has 0 aliphatic carbocycles. The topological polar surface area (TPSA) is 88.9 Å². The number of rotatable bonds is 6. The van der Waals surface area contributed by atoms with E-state index in [1.54, 1.807) is 23.2 Å². The molecular formula is C36H35ClFN7O2. The fourth-order valence-corrected chi connectivity index (χ4v) is 8.38. The molecule has 2 unspecified atom stereocenters. The lowest BCUT2D eigenvalue weighted by Crippen LogP contribution is -2.57. The van der Waals surface area contributed by atoms with Gasteiger partial charge in [0.2, 0.25) is 18.3 Å². The van der Waals surface area contributed by atoms with Crippen molar-refractivity contribution in [3.8, 4) is 6.07 Å². The molecule has 240 valence electrons. The van der Waals surface area contributed by atoms with Crippen LogP contribution in [0.25, 0.3) is 21.3 Å². The number of nitrogens with zero attached hydrogens (tertiary/aromatic N) is 7. The van der Waals surface area contributed by atoms with Crippen molar-refractivity contribution in [1.82, 2.24) is 14.7 Å². The van der Waals surface area contributed by atoms with Crippen LogP contribution in [-0.2, 0) is 9.53 Å². The number of ether oxygens (including phenoxy) is 1. The van der Waals surface area contributed by atoms with Crippen molar-refractivity contribution >= 4 is 46.1 Å². The minimum absolute atomic E-state index is 0.0868. The number of dihydropyridines is 1. The van der Waals surface area contributed by atoms with Gasteiger partial charge in [-0.05, 0) is 56.3 Å². The summed E-state index contributed by atoms with van der Waals surface area (Å²) in [5.41, 5.74) is 1.41. The summed E-state index contributed by atoms with van der Waals surface area (Å²) in [7, 11) is 0. The van der Waals surface area contributed by atoms with Gasteiger partial charge in [-0.1, -0.05) is 48.5 Å². The molecule has 3 fully saturated rings. The molecule has 5 aliphatic rings. The van der Waals surface area contributed by atoms with Crippen LogP contribution < -0.4 is 0 Å². The third-order valence-corrected chi connectivity index (χ3v) is 10.6. The summed E-state index contributed by atoms with van der Waals surface area (Å²) in [6.07, 6.45) is 7.13. The van der Waals surface area contributed by atoms with Crippen LogP contribution in [0.2, 0.25) is 5.02 Å². The zero-order valence-corrected chi connectivity index (χ0v) is 26.8. The number of carbonyl (C=O) groups excluding carboxylic acids is 1. The van der Waals surface area contributed by atoms with Gasteiger partial charge in [-0.2, -0.15) is 5.26 Å². The minimum atomic E-state index is -1.02. The van der Waals surface area contributed by atoms with Gasteiger partial charge in [-0.3, -0.25) is 14.7 Å². The van der Waals surface area contributed by atoms with E-state index in [0.717, 1.165) is 44.2 Å². The van der Waals surface area contributed by atoms with E-state index in [2.05, 4.69) is 27.4 Å². The summed E-state index contributed by atoms with van der Waals surface area (Å²) in [4.78, 5) is 31.9. The molecule has 3 saturated heterocycles. The Kier molecular flexibility index (Phi) is 8.34. The molecule has 0 radical (unpaired) electrons. The Hall–Kier alpha value is -4.51. The highest BCUT2D eigenvalue weighted by molar-refractivity contribution is 6.36. The van der Waals surface area contributed by atoms with E-state index in [1.165, 1.54) is 6.08 Å². The number of amides is 1. The van der Waals surface area contributed by atoms with Crippen molar-refractivity contribution in [3.05, 3.63) is 88.2 Å². The van der Waals surface area contributed by atoms with Crippen LogP contribution in [0, 0.1) is 23.8 Å². The van der Waals surface area contributed by atoms with Crippen LogP contribution in [0.3, 0.4) is 0 Å². The highest BCUT2D eigenvalue weighted by Gasteiger charge is 2.47. The Labute approximate surface area is 278 Å². The largest absolute Gasteiger partial charge is 0.475 e. The first kappa shape index (κ1) is 31.1. The number of hydrogen-bond acceptors (Lipinski definition) is 7. The number of piperazine rings is 1. The van der Waals surface area contributed by atoms with Gasteiger partial charge in [0.25, 0.3) is 0 Å². The first-order valence-electron chi connectivity index (χ1n) is 16.1. The summed E-state index contributed by atoms with van der Waals surface area (Å²) < 4.78 is 23.5. The van der Waals surface area contributed by atoms with Crippen molar-refractivity contribution < 1.29 is 13.9 Å². The summed E-state index contributed by atoms with van der Waals surface area (Å²) in [6.45, 7) is 14.7. The minimum Gasteiger partial charge on any atom is -0.475 e. The van der Waals surface area contributed by atoms with Crippen molar-refractivity contribution in [2.75, 3.05) is 45.9 Å². The molecule has 3 atom stereocenters. The first-order chi connectivity index (χ1) is 22.9. The highest BCUT2D eigenvalue weighted by atomic mass is 35.5. The van der Waals surface area contributed by atoms with Crippen molar-refractivity contribution in [2.45, 2.75) is 43.3 Å². The molecule has 47 heavy (non-hydrogen) atoms. The van der Waals surface area contributed by atoms with Gasteiger partial charge in [0.1, 0.15) is 36.0 Å². The number of carbonyl (C=O) groups is 1. The Morgan fingerprint density at radius 3 is 2.70 bits per heavy atom. The molecule has 7 rings (SSSR count). The number of hydrogen-bond donors (Lipinski definition) is 0. The maximum Gasteiger partial charge on any atom is 0.246 e. The Morgan fingerprint density at radius 2 is 1.98 bits per heavy atom. The maximum atomic E-state index is 17.0. The molecule has 11 heteroatoms. The van der Waals surface area contributed by atoms with Gasteiger partial charge in [0, 0.05) is 47.5 Å². The molecule has 2 aromatic rings. The Balaban J connectivity index is 1.31. The normalized spacial score (nSPS) is 25.3. The second-order valence-corrected chi connectivity index (χ2v) is 13.2. The van der Waals surface area contributed by atoms with Gasteiger partial charge in [-0.25, -0.2) is 16.0 Å². The molecule has 9 nitrogen and oxygen atoms in total. The standard InChI is InChI=1S/C36H35ClFN7O2/c1-3-29(46)45-17-16-43(21-24(45)19-40-2)34-26(18-39)35(47-22-36-12-6-14-44(36)15-7-13-36)42-33-27(34)20-41-32(31(33)38)25-10-4-8-23-9-5-11-28(37)30(23)25/h3-5,8-11,20,24,27,33H,1,6-7,12-17,19,21-22H2/t24-,27?,33?/m0/s1. The predicted octanol–water partition coefficient (Wildman–Crippen LogP) is 5.65. The second-order valence-electron chi connectivity index (χ2n) is 12.8. The summed E-state index contributed by atoms with van der Waals surface area (Å²) >= 11 is 6.63. The summed E-state index contributed by atoms with van der Waals surface area (Å²) in [6, 6.07) is 12.0. The number of aliphatic imine (C=N–C) groups is 2. The Bertz CT molecular complexity index is 1840. The van der Waals surface area contributed by atoms with E-state index in [1.807, 2.05) is 29.2 Å². The fourth-order valence-electron chi connectivity index (χ4n) is 8.10. The van der Waals surface area contributed by atoms with Gasteiger partial charge in [0.15, 0.2) is 5.83 Å². The maximum absolute atomic E-state index is 17.0. The number of benzene rings is 2. The van der Waals surface area contributed by atoms with Gasteiger partial charge < -0.3 is 19.4 Å². The fraction of sp³-hybridized carbons (Fsp3) is 0.417. The van der Waals surface area contributed by atoms with Crippen molar-refractivity contribution in [2.24, 2.45) is 15.9 Å². The Morgan fingerprint density at radius 1 is 1.21 bits per heavy atom. The third-order valence-electron chi connectivity index (χ3n) is 10.3. The SMILES string of the molecule is [C-]#[N+]C[C@H]1CN(C2=C(C#N)C(OCC34CCCN3CCC4)=NC3C(F)=C(c4cccc5cccc(Cl)c45)N=CC23)CCN1C(=O)C=C. The molecule has 5 aliphatic heterocycles. The van der Waals surface area contributed by atoms with E-state index in [-0.39, 0.29) is 35.2 Å². The van der Waals surface area contributed by atoms with E-state index in [0.29, 0.717) is 47.9 Å². The lowest BCUT2D eigenvalue weighted by molar-refractivity contribution is -0.130. The van der Waals surface area contributed by atoms with Gasteiger partial charge in [-0.15, -0.1) is 0 Å². The number of fused-ring (bicyclic) bond motifs is 3. The van der Waals surface area contributed by atoms with Crippen LogP contribution >= 0.6 is 11.6 Å². The monoisotopic (exact) mass is 651 g/mol.